The molecule has 0 aliphatic carbocycles. The summed E-state index contributed by atoms with van der Waals surface area (Å²) in [6.07, 6.45) is 3.23. The number of amides is 3. The minimum absolute atomic E-state index is 0.0551. The molecule has 7 heteroatoms. The van der Waals surface area contributed by atoms with E-state index in [1.165, 1.54) is 15.8 Å². The molecule has 2 saturated heterocycles. The first kappa shape index (κ1) is 16.7. The molecule has 1 aromatic carbocycles. The Balaban J connectivity index is 1.60. The first-order valence-electron chi connectivity index (χ1n) is 9.85. The van der Waals surface area contributed by atoms with Gasteiger partial charge in [-0.1, -0.05) is 18.2 Å². The Kier molecular flexibility index (Phi) is 3.14. The van der Waals surface area contributed by atoms with Crippen molar-refractivity contribution in [3.63, 3.8) is 0 Å². The van der Waals surface area contributed by atoms with E-state index in [0.717, 1.165) is 17.8 Å². The van der Waals surface area contributed by atoms with Crippen molar-refractivity contribution in [2.45, 2.75) is 18.0 Å². The van der Waals surface area contributed by atoms with Crippen molar-refractivity contribution < 1.29 is 9.59 Å². The fourth-order valence-corrected chi connectivity index (χ4v) is 5.68. The number of likely N-dealkylation sites (N-methyl/N-ethyl adjacent to an activating group) is 1. The van der Waals surface area contributed by atoms with Crippen LogP contribution < -0.4 is 4.90 Å². The highest BCUT2D eigenvalue weighted by Crippen LogP contribution is 2.52. The summed E-state index contributed by atoms with van der Waals surface area (Å²) in [5.74, 6) is -0.191. The molecule has 6 rings (SSSR count). The second-order valence-corrected chi connectivity index (χ2v) is 8.33. The third-order valence-electron chi connectivity index (χ3n) is 6.89. The van der Waals surface area contributed by atoms with E-state index in [0.29, 0.717) is 18.8 Å². The van der Waals surface area contributed by atoms with Crippen molar-refractivity contribution in [3.8, 4) is 0 Å². The number of imide groups is 1. The Bertz CT molecular complexity index is 1190. The topological polar surface area (TPSA) is 61.7 Å². The molecule has 0 radical (unpaired) electrons. The SMILES string of the molecule is CN1C[C@@H]2c3c(n(C)c4ccccc34)CN3C(=O)N(c4cccnc4)C(=O)[C@@]23C1. The van der Waals surface area contributed by atoms with Crippen LogP contribution in [0, 0.1) is 0 Å². The van der Waals surface area contributed by atoms with E-state index in [1.54, 1.807) is 29.4 Å². The Morgan fingerprint density at radius 2 is 1.93 bits per heavy atom. The number of likely N-dealkylation sites (tertiary alicyclic amines) is 1. The molecule has 2 atom stereocenters. The van der Waals surface area contributed by atoms with Gasteiger partial charge in [0.1, 0.15) is 5.54 Å². The zero-order valence-corrected chi connectivity index (χ0v) is 16.4. The van der Waals surface area contributed by atoms with E-state index < -0.39 is 5.54 Å². The van der Waals surface area contributed by atoms with Crippen LogP contribution in [0.25, 0.3) is 10.9 Å². The van der Waals surface area contributed by atoms with Gasteiger partial charge in [-0.15, -0.1) is 0 Å². The van der Waals surface area contributed by atoms with E-state index in [4.69, 9.17) is 0 Å². The first-order valence-corrected chi connectivity index (χ1v) is 9.85. The first-order chi connectivity index (χ1) is 14.0. The van der Waals surface area contributed by atoms with Crippen LogP contribution in [0.5, 0.6) is 0 Å². The molecule has 0 N–H and O–H groups in total. The third kappa shape index (κ3) is 1.88. The summed E-state index contributed by atoms with van der Waals surface area (Å²) in [5.41, 5.74) is 3.16. The number of hydrogen-bond acceptors (Lipinski definition) is 4. The molecule has 1 spiro atoms. The number of rotatable bonds is 1. The lowest BCUT2D eigenvalue weighted by Crippen LogP contribution is -2.57. The monoisotopic (exact) mass is 387 g/mol. The standard InChI is InChI=1S/C22H21N5O2/c1-24-11-16-19-15-7-3-4-8-17(15)25(2)18(19)12-26-21(29)27(14-6-5-9-23-10-14)20(28)22(16,26)13-24/h3-10,16H,11-13H2,1-2H3/t16-,22-/m1/s1. The van der Waals surface area contributed by atoms with E-state index in [9.17, 15) is 9.59 Å². The average molecular weight is 387 g/mol. The van der Waals surface area contributed by atoms with Gasteiger partial charge in [0.25, 0.3) is 5.91 Å². The number of benzene rings is 1. The van der Waals surface area contributed by atoms with Crippen molar-refractivity contribution in [2.24, 2.45) is 7.05 Å². The van der Waals surface area contributed by atoms with Gasteiger partial charge in [0, 0.05) is 48.8 Å². The second kappa shape index (κ2) is 5.45. The summed E-state index contributed by atoms with van der Waals surface area (Å²) in [6.45, 7) is 1.73. The highest BCUT2D eigenvalue weighted by Gasteiger charge is 2.67. The van der Waals surface area contributed by atoms with Crippen LogP contribution in [0.3, 0.4) is 0 Å². The van der Waals surface area contributed by atoms with E-state index in [-0.39, 0.29) is 17.9 Å². The largest absolute Gasteiger partial charge is 0.346 e. The quantitative estimate of drug-likeness (QED) is 0.602. The Hall–Kier alpha value is -3.19. The Morgan fingerprint density at radius 3 is 2.72 bits per heavy atom. The van der Waals surface area contributed by atoms with Crippen LogP contribution >= 0.6 is 0 Å². The van der Waals surface area contributed by atoms with Crippen LogP contribution in [-0.2, 0) is 18.4 Å². The van der Waals surface area contributed by atoms with E-state index >= 15 is 0 Å². The number of aryl methyl sites for hydroxylation is 1. The predicted molar refractivity (Wildman–Crippen MR) is 109 cm³/mol. The number of urea groups is 1. The summed E-state index contributed by atoms with van der Waals surface area (Å²) >= 11 is 0. The third-order valence-corrected chi connectivity index (χ3v) is 6.89. The molecule has 3 aromatic rings. The summed E-state index contributed by atoms with van der Waals surface area (Å²) in [7, 11) is 4.08. The molecule has 2 fully saturated rings. The van der Waals surface area contributed by atoms with Crippen LogP contribution in [0.1, 0.15) is 17.2 Å². The number of fused-ring (bicyclic) bond motifs is 4. The average Bonchev–Trinajstić information content (AvgIpc) is 3.30. The fraction of sp³-hybridized carbons (Fsp3) is 0.318. The number of para-hydroxylation sites is 1. The highest BCUT2D eigenvalue weighted by molar-refractivity contribution is 6.24. The summed E-state index contributed by atoms with van der Waals surface area (Å²) < 4.78 is 2.18. The van der Waals surface area contributed by atoms with Gasteiger partial charge in [0.2, 0.25) is 0 Å². The molecule has 0 unspecified atom stereocenters. The minimum Gasteiger partial charge on any atom is -0.346 e. The molecule has 3 aliphatic rings. The Morgan fingerprint density at radius 1 is 1.10 bits per heavy atom. The molecular weight excluding hydrogens is 366 g/mol. The molecule has 2 aromatic heterocycles. The molecular formula is C22H21N5O2. The van der Waals surface area contributed by atoms with Gasteiger partial charge >= 0.3 is 6.03 Å². The van der Waals surface area contributed by atoms with Crippen molar-refractivity contribution >= 4 is 28.5 Å². The minimum atomic E-state index is -0.862. The van der Waals surface area contributed by atoms with Crippen molar-refractivity contribution in [1.82, 2.24) is 19.4 Å². The second-order valence-electron chi connectivity index (χ2n) is 8.33. The molecule has 0 bridgehead atoms. The summed E-state index contributed by atoms with van der Waals surface area (Å²) in [4.78, 5) is 36.8. The number of carbonyl (C=O) groups excluding carboxylic acids is 2. The number of hydrogen-bond donors (Lipinski definition) is 0. The van der Waals surface area contributed by atoms with Crippen molar-refractivity contribution in [3.05, 3.63) is 60.0 Å². The zero-order valence-electron chi connectivity index (χ0n) is 16.4. The maximum absolute atomic E-state index is 13.9. The maximum atomic E-state index is 13.9. The van der Waals surface area contributed by atoms with Crippen LogP contribution in [-0.4, -0.2) is 57.0 Å². The molecule has 0 saturated carbocycles. The summed E-state index contributed by atoms with van der Waals surface area (Å²) in [5, 5.41) is 1.18. The van der Waals surface area contributed by atoms with Crippen molar-refractivity contribution in [1.29, 1.82) is 0 Å². The van der Waals surface area contributed by atoms with Gasteiger partial charge in [-0.2, -0.15) is 0 Å². The lowest BCUT2D eigenvalue weighted by molar-refractivity contribution is -0.125. The van der Waals surface area contributed by atoms with Gasteiger partial charge in [-0.05, 0) is 30.8 Å². The van der Waals surface area contributed by atoms with Crippen LogP contribution in [0.4, 0.5) is 10.5 Å². The smallest absolute Gasteiger partial charge is 0.332 e. The van der Waals surface area contributed by atoms with Gasteiger partial charge in [-0.25, -0.2) is 9.69 Å². The van der Waals surface area contributed by atoms with Gasteiger partial charge in [0.05, 0.1) is 18.4 Å². The molecule has 5 heterocycles. The van der Waals surface area contributed by atoms with Crippen LogP contribution in [0.2, 0.25) is 0 Å². The lowest BCUT2D eigenvalue weighted by Gasteiger charge is -2.40. The highest BCUT2D eigenvalue weighted by atomic mass is 16.2. The number of nitrogens with zero attached hydrogens (tertiary/aromatic N) is 5. The number of pyridine rings is 1. The van der Waals surface area contributed by atoms with Crippen molar-refractivity contribution in [2.75, 3.05) is 25.0 Å². The van der Waals surface area contributed by atoms with E-state index in [2.05, 4.69) is 26.6 Å². The Labute approximate surface area is 168 Å². The van der Waals surface area contributed by atoms with Gasteiger partial charge < -0.3 is 14.4 Å². The number of carbonyl (C=O) groups is 2. The predicted octanol–water partition coefficient (Wildman–Crippen LogP) is 2.32. The molecule has 29 heavy (non-hydrogen) atoms. The molecule has 7 nitrogen and oxygen atoms in total. The molecule has 146 valence electrons. The van der Waals surface area contributed by atoms with Crippen LogP contribution in [0.15, 0.2) is 48.8 Å². The summed E-state index contributed by atoms with van der Waals surface area (Å²) in [6, 6.07) is 11.6. The lowest BCUT2D eigenvalue weighted by atomic mass is 9.76. The van der Waals surface area contributed by atoms with E-state index in [1.807, 2.05) is 26.2 Å². The molecule has 3 aliphatic heterocycles. The fourth-order valence-electron chi connectivity index (χ4n) is 5.68. The normalized spacial score (nSPS) is 26.2. The number of aromatic nitrogens is 2. The maximum Gasteiger partial charge on any atom is 0.332 e. The zero-order chi connectivity index (χ0) is 19.9. The van der Waals surface area contributed by atoms with Gasteiger partial charge in [0.15, 0.2) is 0 Å². The number of anilines is 1. The molecule has 3 amide bonds. The van der Waals surface area contributed by atoms with Gasteiger partial charge in [-0.3, -0.25) is 9.78 Å².